The van der Waals surface area contributed by atoms with E-state index in [4.69, 9.17) is 21.1 Å². The monoisotopic (exact) mass is 556 g/mol. The van der Waals surface area contributed by atoms with E-state index in [0.717, 1.165) is 22.2 Å². The highest BCUT2D eigenvalue weighted by molar-refractivity contribution is 7.92. The lowest BCUT2D eigenvalue weighted by Crippen LogP contribution is -2.29. The highest BCUT2D eigenvalue weighted by Crippen LogP contribution is 2.37. The number of rotatable bonds is 9. The number of carbonyl (C=O) groups is 1. The van der Waals surface area contributed by atoms with Gasteiger partial charge in [0.05, 0.1) is 43.3 Å². The number of hydrogen-bond acceptors (Lipinski definition) is 5. The number of hydrogen-bond donors (Lipinski definition) is 1. The number of alkyl halides is 3. The molecule has 37 heavy (non-hydrogen) atoms. The van der Waals surface area contributed by atoms with E-state index < -0.39 is 26.8 Å². The van der Waals surface area contributed by atoms with Crippen LogP contribution < -0.4 is 19.1 Å². The fourth-order valence-electron chi connectivity index (χ4n) is 3.49. The van der Waals surface area contributed by atoms with Crippen molar-refractivity contribution >= 4 is 33.2 Å². The Bertz CT molecular complexity index is 1380. The van der Waals surface area contributed by atoms with Crippen molar-refractivity contribution in [3.05, 3.63) is 87.9 Å². The van der Waals surface area contributed by atoms with Gasteiger partial charge in [0, 0.05) is 12.1 Å². The summed E-state index contributed by atoms with van der Waals surface area (Å²) in [6, 6.07) is 14.2. The van der Waals surface area contributed by atoms with E-state index in [1.807, 2.05) is 0 Å². The first-order valence-corrected chi connectivity index (χ1v) is 13.0. The molecule has 3 aromatic carbocycles. The van der Waals surface area contributed by atoms with E-state index in [2.05, 4.69) is 5.32 Å². The lowest BCUT2D eigenvalue weighted by molar-refractivity contribution is -0.137. The lowest BCUT2D eigenvalue weighted by Gasteiger charge is -2.24. The molecule has 0 fully saturated rings. The first kappa shape index (κ1) is 28.1. The maximum atomic E-state index is 13.3. The third-order valence-electron chi connectivity index (χ3n) is 5.39. The van der Waals surface area contributed by atoms with Crippen LogP contribution in [-0.2, 0) is 29.3 Å². The minimum atomic E-state index is -4.75. The Morgan fingerprint density at radius 2 is 1.57 bits per heavy atom. The Hall–Kier alpha value is -3.44. The van der Waals surface area contributed by atoms with Gasteiger partial charge in [-0.3, -0.25) is 9.10 Å². The van der Waals surface area contributed by atoms with Crippen molar-refractivity contribution in [3.8, 4) is 11.5 Å². The first-order chi connectivity index (χ1) is 17.3. The fraction of sp³-hybridized carbons (Fsp3) is 0.240. The van der Waals surface area contributed by atoms with Gasteiger partial charge in [-0.1, -0.05) is 29.8 Å². The quantitative estimate of drug-likeness (QED) is 0.388. The topological polar surface area (TPSA) is 84.9 Å². The Morgan fingerprint density at radius 3 is 2.14 bits per heavy atom. The zero-order chi connectivity index (χ0) is 27.4. The zero-order valence-corrected chi connectivity index (χ0v) is 21.7. The summed E-state index contributed by atoms with van der Waals surface area (Å²) in [5.41, 5.74) is 0.247. The van der Waals surface area contributed by atoms with Gasteiger partial charge in [-0.25, -0.2) is 8.42 Å². The molecule has 0 saturated heterocycles. The number of benzene rings is 3. The number of amides is 1. The normalized spacial score (nSPS) is 11.6. The summed E-state index contributed by atoms with van der Waals surface area (Å²) in [6.45, 7) is -0.0216. The molecule has 0 aliphatic heterocycles. The molecule has 3 rings (SSSR count). The van der Waals surface area contributed by atoms with Crippen molar-refractivity contribution in [3.63, 3.8) is 0 Å². The molecule has 0 aliphatic rings. The second-order valence-electron chi connectivity index (χ2n) is 8.00. The molecule has 1 amide bonds. The van der Waals surface area contributed by atoms with Crippen LogP contribution in [0.2, 0.25) is 5.02 Å². The molecule has 3 aromatic rings. The Morgan fingerprint density at radius 1 is 0.946 bits per heavy atom. The van der Waals surface area contributed by atoms with Gasteiger partial charge in [0.1, 0.15) is 0 Å². The number of methoxy groups -OCH3 is 2. The Kier molecular flexibility index (Phi) is 8.60. The van der Waals surface area contributed by atoms with Gasteiger partial charge in [0.15, 0.2) is 11.5 Å². The molecule has 0 bridgehead atoms. The number of sulfonamides is 1. The van der Waals surface area contributed by atoms with Gasteiger partial charge in [-0.05, 0) is 53.6 Å². The van der Waals surface area contributed by atoms with Crippen LogP contribution in [-0.4, -0.2) is 34.8 Å². The van der Waals surface area contributed by atoms with Crippen molar-refractivity contribution in [1.82, 2.24) is 5.32 Å². The molecule has 198 valence electrons. The van der Waals surface area contributed by atoms with E-state index in [1.165, 1.54) is 44.6 Å². The molecule has 12 heteroatoms. The van der Waals surface area contributed by atoms with Crippen LogP contribution >= 0.6 is 11.6 Å². The van der Waals surface area contributed by atoms with Crippen molar-refractivity contribution in [1.29, 1.82) is 0 Å². The summed E-state index contributed by atoms with van der Waals surface area (Å²) < 4.78 is 75.9. The van der Waals surface area contributed by atoms with E-state index in [9.17, 15) is 26.4 Å². The number of nitrogens with one attached hydrogen (secondary N) is 1. The summed E-state index contributed by atoms with van der Waals surface area (Å²) in [6.07, 6.45) is -3.85. The smallest absolute Gasteiger partial charge is 0.417 e. The molecular weight excluding hydrogens is 533 g/mol. The summed E-state index contributed by atoms with van der Waals surface area (Å²) in [7, 11) is -0.913. The third kappa shape index (κ3) is 7.07. The highest BCUT2D eigenvalue weighted by Gasteiger charge is 2.34. The molecule has 0 atom stereocenters. The Balaban J connectivity index is 1.74. The molecule has 0 saturated carbocycles. The van der Waals surface area contributed by atoms with Gasteiger partial charge in [-0.2, -0.15) is 13.2 Å². The van der Waals surface area contributed by atoms with Crippen LogP contribution in [0.3, 0.4) is 0 Å². The van der Waals surface area contributed by atoms with Crippen LogP contribution in [0.15, 0.2) is 60.7 Å². The van der Waals surface area contributed by atoms with Gasteiger partial charge < -0.3 is 14.8 Å². The van der Waals surface area contributed by atoms with E-state index >= 15 is 0 Å². The maximum Gasteiger partial charge on any atom is 0.417 e. The first-order valence-electron chi connectivity index (χ1n) is 10.8. The second kappa shape index (κ2) is 11.3. The van der Waals surface area contributed by atoms with Crippen molar-refractivity contribution in [2.24, 2.45) is 0 Å². The molecule has 0 aromatic heterocycles. The molecule has 0 aliphatic carbocycles. The van der Waals surface area contributed by atoms with E-state index in [-0.39, 0.29) is 24.7 Å². The van der Waals surface area contributed by atoms with E-state index in [1.54, 1.807) is 18.2 Å². The Labute approximate surface area is 217 Å². The van der Waals surface area contributed by atoms with Crippen LogP contribution in [0.5, 0.6) is 11.5 Å². The zero-order valence-electron chi connectivity index (χ0n) is 20.1. The predicted octanol–water partition coefficient (Wildman–Crippen LogP) is 5.27. The SMILES string of the molecule is COc1ccc(CNC(=O)c2ccc(CN(c3ccc(Cl)c(C(F)(F)F)c3)S(C)(=O)=O)cc2)cc1OC. The minimum Gasteiger partial charge on any atom is -0.493 e. The van der Waals surface area contributed by atoms with Crippen LogP contribution in [0.4, 0.5) is 18.9 Å². The molecule has 1 N–H and O–H groups in total. The van der Waals surface area contributed by atoms with Crippen molar-refractivity contribution < 1.29 is 35.9 Å². The average molecular weight is 557 g/mol. The van der Waals surface area contributed by atoms with Gasteiger partial charge >= 0.3 is 6.18 Å². The minimum absolute atomic E-state index is 0.184. The molecule has 0 heterocycles. The number of nitrogens with zero attached hydrogens (tertiary/aromatic N) is 1. The van der Waals surface area contributed by atoms with Crippen LogP contribution in [0.1, 0.15) is 27.0 Å². The fourth-order valence-corrected chi connectivity index (χ4v) is 4.59. The lowest BCUT2D eigenvalue weighted by atomic mass is 10.1. The number of carbonyl (C=O) groups excluding carboxylic acids is 1. The molecule has 0 radical (unpaired) electrons. The summed E-state index contributed by atoms with van der Waals surface area (Å²) in [5, 5.41) is 2.25. The van der Waals surface area contributed by atoms with Gasteiger partial charge in [-0.15, -0.1) is 0 Å². The largest absolute Gasteiger partial charge is 0.493 e. The predicted molar refractivity (Wildman–Crippen MR) is 135 cm³/mol. The van der Waals surface area contributed by atoms with Crippen molar-refractivity contribution in [2.75, 3.05) is 24.8 Å². The van der Waals surface area contributed by atoms with Crippen LogP contribution in [0, 0.1) is 0 Å². The van der Waals surface area contributed by atoms with Gasteiger partial charge in [0.25, 0.3) is 5.91 Å². The highest BCUT2D eigenvalue weighted by atomic mass is 35.5. The standard InChI is InChI=1S/C25H24ClF3N2O5S/c1-35-22-11-6-17(12-23(22)36-2)14-30-24(32)18-7-4-16(5-8-18)15-31(37(3,33)34)19-9-10-21(26)20(13-19)25(27,28)29/h4-13H,14-15H2,1-3H3,(H,30,32). The van der Waals surface area contributed by atoms with E-state index in [0.29, 0.717) is 28.7 Å². The molecule has 0 spiro atoms. The second-order valence-corrected chi connectivity index (χ2v) is 10.3. The molecule has 7 nitrogen and oxygen atoms in total. The van der Waals surface area contributed by atoms with Crippen molar-refractivity contribution in [2.45, 2.75) is 19.3 Å². The number of anilines is 1. The molecule has 0 unspecified atom stereocenters. The van der Waals surface area contributed by atoms with Crippen LogP contribution in [0.25, 0.3) is 0 Å². The summed E-state index contributed by atoms with van der Waals surface area (Å²) in [5.74, 6) is 0.718. The number of halogens is 4. The summed E-state index contributed by atoms with van der Waals surface area (Å²) in [4.78, 5) is 12.6. The maximum absolute atomic E-state index is 13.3. The summed E-state index contributed by atoms with van der Waals surface area (Å²) >= 11 is 5.66. The number of ether oxygens (including phenoxy) is 2. The average Bonchev–Trinajstić information content (AvgIpc) is 2.85. The molecular formula is C25H24ClF3N2O5S. The third-order valence-corrected chi connectivity index (χ3v) is 6.86. The van der Waals surface area contributed by atoms with Gasteiger partial charge in [0.2, 0.25) is 10.0 Å².